The summed E-state index contributed by atoms with van der Waals surface area (Å²) < 4.78 is 84.7. The SMILES string of the molecule is CCN1\C(=C/C=C/C=C/C2=[N+](CC)c3ccc(S(=O)(=O)O)cc3C2(C)C)C(C)(CCCC(=O)NC23C[C@@H]4C[C@@H](CC(CCC(=O)N[C@@H](CCn5cc(C6OB(O)c7ccccc76)nn5)C(=O)OCc5ccccc5)(C4)C2)C3)c2cc(S(=O)(=O)O)ccc21. The lowest BCUT2D eigenvalue weighted by atomic mass is 9.46. The van der Waals surface area contributed by atoms with Gasteiger partial charge in [-0.1, -0.05) is 78.0 Å². The Morgan fingerprint density at radius 3 is 2.26 bits per heavy atom. The predicted molar refractivity (Wildman–Crippen MR) is 329 cm³/mol. The Labute approximate surface area is 509 Å². The van der Waals surface area contributed by atoms with Gasteiger partial charge >= 0.3 is 13.1 Å². The number of nitrogens with zero attached hydrogens (tertiary/aromatic N) is 5. The monoisotopic (exact) mass is 1220 g/mol. The Morgan fingerprint density at radius 2 is 1.55 bits per heavy atom. The second-order valence-corrected chi connectivity index (χ2v) is 28.3. The minimum Gasteiger partial charge on any atom is -0.459 e. The van der Waals surface area contributed by atoms with E-state index in [0.717, 1.165) is 83.6 Å². The highest BCUT2D eigenvalue weighted by Crippen LogP contribution is 2.63. The summed E-state index contributed by atoms with van der Waals surface area (Å²) in [5.41, 5.74) is 5.91. The molecule has 1 aromatic heterocycles. The molecular formula is C65H77BN7O12S2+. The lowest BCUT2D eigenvalue weighted by Crippen LogP contribution is -2.63. The number of nitrogens with one attached hydrogen (secondary N) is 2. The number of rotatable bonds is 23. The van der Waals surface area contributed by atoms with Gasteiger partial charge in [0.25, 0.3) is 20.2 Å². The molecule has 2 amide bonds. The first kappa shape index (κ1) is 61.6. The number of anilines is 1. The highest BCUT2D eigenvalue weighted by molar-refractivity contribution is 7.86. The van der Waals surface area contributed by atoms with E-state index in [2.05, 4.69) is 37.3 Å². The molecule has 5 N–H and O–H groups in total. The number of amides is 2. The van der Waals surface area contributed by atoms with Crippen molar-refractivity contribution in [3.05, 3.63) is 161 Å². The van der Waals surface area contributed by atoms with Crippen molar-refractivity contribution in [1.29, 1.82) is 0 Å². The Hall–Kier alpha value is -7.08. The van der Waals surface area contributed by atoms with E-state index in [9.17, 15) is 45.3 Å². The molecule has 87 heavy (non-hydrogen) atoms. The highest BCUT2D eigenvalue weighted by Gasteiger charge is 2.58. The van der Waals surface area contributed by atoms with Gasteiger partial charge in [-0.25, -0.2) is 4.79 Å². The smallest absolute Gasteiger partial charge is 0.459 e. The van der Waals surface area contributed by atoms with Crippen LogP contribution in [0.15, 0.2) is 143 Å². The maximum atomic E-state index is 14.4. The van der Waals surface area contributed by atoms with Crippen molar-refractivity contribution in [1.82, 2.24) is 25.6 Å². The fourth-order valence-electron chi connectivity index (χ4n) is 15.7. The standard InChI is InChI=1S/C65H76BN7O12S2/c1-6-72-54-26-24-46(86(78,79)80)34-49(54)62(3,4)56(72)21-12-9-13-22-57-63(5,50-35-47(87(81,82)83)25-27-55(50)73(57)7-2)30-16-23-59(75)68-65-38-44-33-45(39-65)37-64(36-44,42-65)31-28-58(74)67-52(61(76)84-41-43-17-10-8-11-18-43)29-32-71-40-53(69-70-71)60-48-19-14-15-20-51(48)66(77)85-60/h8-15,17-22,24-27,34-35,40,44-45,52,60,77H,6-7,16,23,28-33,36-39,41-42H2,1-5H3,(H3-,67,68,74,75,78,79,80,81,82,83)/p+1/t44-,45+,52-,60?,63?,64?,65?/m0/s1. The zero-order valence-electron chi connectivity index (χ0n) is 49.9. The summed E-state index contributed by atoms with van der Waals surface area (Å²) >= 11 is 0. The van der Waals surface area contributed by atoms with Gasteiger partial charge in [-0.2, -0.15) is 21.4 Å². The highest BCUT2D eigenvalue weighted by atomic mass is 32.2. The minimum atomic E-state index is -4.54. The Kier molecular flexibility index (Phi) is 17.1. The van der Waals surface area contributed by atoms with Gasteiger partial charge in [-0.15, -0.1) is 5.10 Å². The fraction of sp³-hybridized carbons (Fsp3) is 0.446. The maximum absolute atomic E-state index is 14.4. The Balaban J connectivity index is 0.747. The van der Waals surface area contributed by atoms with E-state index in [4.69, 9.17) is 9.39 Å². The van der Waals surface area contributed by atoms with E-state index < -0.39 is 61.8 Å². The molecule has 458 valence electrons. The lowest BCUT2D eigenvalue weighted by Gasteiger charge is -2.62. The van der Waals surface area contributed by atoms with Crippen molar-refractivity contribution < 1.29 is 59.3 Å². The predicted octanol–water partition coefficient (Wildman–Crippen LogP) is 8.49. The van der Waals surface area contributed by atoms with Crippen molar-refractivity contribution in [3.63, 3.8) is 0 Å². The molecule has 4 heterocycles. The summed E-state index contributed by atoms with van der Waals surface area (Å²) in [5.74, 6) is -0.0660. The van der Waals surface area contributed by atoms with Gasteiger partial charge in [0.05, 0.1) is 21.4 Å². The van der Waals surface area contributed by atoms with Crippen LogP contribution in [-0.2, 0) is 68.0 Å². The second kappa shape index (κ2) is 24.1. The zero-order valence-corrected chi connectivity index (χ0v) is 51.5. The molecule has 4 bridgehead atoms. The summed E-state index contributed by atoms with van der Waals surface area (Å²) in [5, 5.41) is 25.7. The summed E-state index contributed by atoms with van der Waals surface area (Å²) in [6.07, 6.45) is 18.6. The molecule has 19 nitrogen and oxygen atoms in total. The summed E-state index contributed by atoms with van der Waals surface area (Å²) in [6, 6.07) is 25.1. The van der Waals surface area contributed by atoms with Crippen LogP contribution < -0.4 is 21.0 Å². The molecule has 4 aromatic carbocycles. The normalized spacial score (nSPS) is 25.1. The van der Waals surface area contributed by atoms with Gasteiger partial charge in [0.1, 0.15) is 31.0 Å². The lowest BCUT2D eigenvalue weighted by molar-refractivity contribution is -0.433. The zero-order chi connectivity index (χ0) is 61.7. The average molecular weight is 1220 g/mol. The van der Waals surface area contributed by atoms with Gasteiger partial charge in [0.2, 0.25) is 17.5 Å². The molecule has 12 rings (SSSR count). The second-order valence-electron chi connectivity index (χ2n) is 25.5. The van der Waals surface area contributed by atoms with Crippen molar-refractivity contribution in [2.75, 3.05) is 18.0 Å². The first-order chi connectivity index (χ1) is 41.4. The third-order valence-electron chi connectivity index (χ3n) is 19.2. The van der Waals surface area contributed by atoms with Crippen LogP contribution in [-0.4, -0.2) is 106 Å². The van der Waals surface area contributed by atoms with Crippen LogP contribution in [0.5, 0.6) is 0 Å². The van der Waals surface area contributed by atoms with E-state index >= 15 is 0 Å². The van der Waals surface area contributed by atoms with Crippen LogP contribution in [0.3, 0.4) is 0 Å². The first-order valence-corrected chi connectivity index (χ1v) is 33.1. The summed E-state index contributed by atoms with van der Waals surface area (Å²) in [6.45, 7) is 11.6. The number of allylic oxidation sites excluding steroid dienone is 6. The maximum Gasteiger partial charge on any atom is 0.492 e. The number of esters is 1. The molecule has 7 aliphatic rings. The van der Waals surface area contributed by atoms with Crippen LogP contribution in [0.1, 0.15) is 146 Å². The molecule has 7 atom stereocenters. The minimum absolute atomic E-state index is 0.0437. The molecular weight excluding hydrogens is 1150 g/mol. The largest absolute Gasteiger partial charge is 0.492 e. The van der Waals surface area contributed by atoms with Crippen LogP contribution in [0, 0.1) is 17.3 Å². The van der Waals surface area contributed by atoms with Crippen molar-refractivity contribution in [2.45, 2.75) is 163 Å². The van der Waals surface area contributed by atoms with E-state index in [-0.39, 0.29) is 59.4 Å². The number of hydrogen-bond acceptors (Lipinski definition) is 13. The van der Waals surface area contributed by atoms with Gasteiger partial charge in [0.15, 0.2) is 5.71 Å². The van der Waals surface area contributed by atoms with Gasteiger partial charge < -0.3 is 29.9 Å². The van der Waals surface area contributed by atoms with Crippen LogP contribution >= 0.6 is 0 Å². The molecule has 22 heteroatoms. The molecule has 5 aromatic rings. The summed E-state index contributed by atoms with van der Waals surface area (Å²) in [7, 11) is -10.0. The number of aromatic nitrogens is 3. The molecule has 4 saturated carbocycles. The van der Waals surface area contributed by atoms with E-state index in [1.807, 2.05) is 107 Å². The van der Waals surface area contributed by atoms with Crippen LogP contribution in [0.4, 0.5) is 11.4 Å². The number of carbonyl (C=O) groups is 3. The van der Waals surface area contributed by atoms with Gasteiger partial charge in [-0.3, -0.25) is 23.4 Å². The van der Waals surface area contributed by atoms with Crippen LogP contribution in [0.2, 0.25) is 0 Å². The van der Waals surface area contributed by atoms with Crippen molar-refractivity contribution in [2.24, 2.45) is 17.3 Å². The number of carbonyl (C=O) groups excluding carboxylic acids is 3. The quantitative estimate of drug-likeness (QED) is 0.0135. The number of benzene rings is 4. The molecule has 4 unspecified atom stereocenters. The molecule has 0 saturated heterocycles. The Morgan fingerprint density at radius 1 is 0.851 bits per heavy atom. The molecule has 4 aliphatic carbocycles. The molecule has 4 fully saturated rings. The first-order valence-electron chi connectivity index (χ1n) is 30.3. The average Bonchev–Trinajstić information content (AvgIpc) is 1.91. The number of fused-ring (bicyclic) bond motifs is 3. The third-order valence-corrected chi connectivity index (χ3v) is 20.9. The third kappa shape index (κ3) is 12.5. The number of likely N-dealkylation sites (N-methyl/N-ethyl adjacent to an activating group) is 1. The van der Waals surface area contributed by atoms with Crippen molar-refractivity contribution in [3.8, 4) is 0 Å². The number of hydrogen-bond donors (Lipinski definition) is 5. The number of ether oxygens (including phenoxy) is 1. The fourth-order valence-corrected chi connectivity index (χ4v) is 16.7. The topological polar surface area (TPSA) is 260 Å². The van der Waals surface area contributed by atoms with Gasteiger partial charge in [-0.05, 0) is 175 Å². The molecule has 0 radical (unpaired) electrons. The molecule has 0 spiro atoms. The summed E-state index contributed by atoms with van der Waals surface area (Å²) in [4.78, 5) is 44.0. The van der Waals surface area contributed by atoms with Gasteiger partial charge in [0, 0.05) is 66.0 Å². The van der Waals surface area contributed by atoms with Crippen molar-refractivity contribution >= 4 is 67.7 Å². The Bertz CT molecular complexity index is 3850. The van der Waals surface area contributed by atoms with E-state index in [0.29, 0.717) is 55.3 Å². The van der Waals surface area contributed by atoms with E-state index in [1.54, 1.807) is 35.1 Å². The molecule has 3 aliphatic heterocycles. The van der Waals surface area contributed by atoms with Crippen LogP contribution in [0.25, 0.3) is 0 Å². The van der Waals surface area contributed by atoms with E-state index in [1.165, 1.54) is 18.2 Å². The number of aryl methyl sites for hydroxylation is 1.